The summed E-state index contributed by atoms with van der Waals surface area (Å²) >= 11 is 0. The van der Waals surface area contributed by atoms with Gasteiger partial charge in [-0.05, 0) is 55.5 Å². The van der Waals surface area contributed by atoms with E-state index in [4.69, 9.17) is 5.73 Å². The molecule has 2 aromatic rings. The van der Waals surface area contributed by atoms with E-state index in [1.807, 2.05) is 12.1 Å². The molecule has 2 atom stereocenters. The summed E-state index contributed by atoms with van der Waals surface area (Å²) < 4.78 is 4.57. The molecule has 0 spiro atoms. The molecule has 0 fully saturated rings. The molecule has 0 aromatic heterocycles. The molecule has 4 N–H and O–H groups in total. The molecule has 0 bridgehead atoms. The third-order valence-electron chi connectivity index (χ3n) is 3.63. The van der Waals surface area contributed by atoms with Gasteiger partial charge in [0, 0.05) is 22.4 Å². The van der Waals surface area contributed by atoms with Crippen LogP contribution in [0.5, 0.6) is 0 Å². The second-order valence-electron chi connectivity index (χ2n) is 5.66. The zero-order chi connectivity index (χ0) is 19.1. The first kappa shape index (κ1) is 19.0. The van der Waals surface area contributed by atoms with Gasteiger partial charge in [0.15, 0.2) is 6.04 Å². The van der Waals surface area contributed by atoms with Crippen molar-refractivity contribution in [3.63, 3.8) is 0 Å². The van der Waals surface area contributed by atoms with E-state index in [0.29, 0.717) is 11.3 Å². The first-order valence-corrected chi connectivity index (χ1v) is 7.95. The average Bonchev–Trinajstić information content (AvgIpc) is 2.65. The van der Waals surface area contributed by atoms with Crippen molar-refractivity contribution in [1.82, 2.24) is 5.32 Å². The summed E-state index contributed by atoms with van der Waals surface area (Å²) in [4.78, 5) is 23.8. The maximum atomic E-state index is 12.2. The first-order valence-electron chi connectivity index (χ1n) is 7.95. The lowest BCUT2D eigenvalue weighted by atomic mass is 10.1. The molecule has 0 saturated carbocycles. The normalized spacial score (nSPS) is 12.3. The van der Waals surface area contributed by atoms with Crippen LogP contribution in [-0.2, 0) is 9.53 Å². The molecule has 6 heteroatoms. The van der Waals surface area contributed by atoms with Gasteiger partial charge < -0.3 is 20.9 Å². The van der Waals surface area contributed by atoms with Gasteiger partial charge >= 0.3 is 5.97 Å². The zero-order valence-corrected chi connectivity index (χ0v) is 14.5. The van der Waals surface area contributed by atoms with E-state index in [-0.39, 0.29) is 0 Å². The van der Waals surface area contributed by atoms with Crippen LogP contribution in [0.15, 0.2) is 48.5 Å². The lowest BCUT2D eigenvalue weighted by Crippen LogP contribution is -2.48. The SMILES string of the molecule is COC(=O)[C@@H](NC(=O)c1ccc(C#Cc2ccc(N)cc2)cc1)[C@@H](C)O. The van der Waals surface area contributed by atoms with E-state index in [9.17, 15) is 14.7 Å². The molecule has 134 valence electrons. The number of aliphatic hydroxyl groups is 1. The molecule has 2 rings (SSSR count). The molecule has 0 unspecified atom stereocenters. The number of esters is 1. The third-order valence-corrected chi connectivity index (χ3v) is 3.63. The van der Waals surface area contributed by atoms with Crippen molar-refractivity contribution in [2.24, 2.45) is 0 Å². The van der Waals surface area contributed by atoms with Crippen LogP contribution in [0.2, 0.25) is 0 Å². The standard InChI is InChI=1S/C20H20N2O4/c1-13(23)18(20(25)26-2)22-19(24)16-9-5-14(6-10-16)3-4-15-7-11-17(21)12-8-15/h5-13,18,23H,21H2,1-2H3,(H,22,24)/t13-,18+/m1/s1. The van der Waals surface area contributed by atoms with Gasteiger partial charge in [0.1, 0.15) is 0 Å². The van der Waals surface area contributed by atoms with Gasteiger partial charge in [0.2, 0.25) is 0 Å². The Labute approximate surface area is 152 Å². The number of carbonyl (C=O) groups is 2. The average molecular weight is 352 g/mol. The van der Waals surface area contributed by atoms with Crippen LogP contribution in [0, 0.1) is 11.8 Å². The Hall–Kier alpha value is -3.30. The molecule has 2 aromatic carbocycles. The third kappa shape index (κ3) is 5.10. The van der Waals surface area contributed by atoms with Crippen molar-refractivity contribution >= 4 is 17.6 Å². The number of ether oxygens (including phenoxy) is 1. The molecule has 0 saturated heterocycles. The molecule has 1 amide bonds. The number of methoxy groups -OCH3 is 1. The number of rotatable bonds is 4. The van der Waals surface area contributed by atoms with Crippen LogP contribution in [0.1, 0.15) is 28.4 Å². The summed E-state index contributed by atoms with van der Waals surface area (Å²) in [6.45, 7) is 1.40. The van der Waals surface area contributed by atoms with Crippen molar-refractivity contribution in [2.75, 3.05) is 12.8 Å². The van der Waals surface area contributed by atoms with E-state index in [1.54, 1.807) is 36.4 Å². The second-order valence-corrected chi connectivity index (χ2v) is 5.66. The molecule has 0 aliphatic carbocycles. The Kier molecular flexibility index (Phi) is 6.36. The van der Waals surface area contributed by atoms with Crippen molar-refractivity contribution < 1.29 is 19.4 Å². The number of nitrogen functional groups attached to an aromatic ring is 1. The molecule has 0 aliphatic rings. The van der Waals surface area contributed by atoms with Crippen LogP contribution in [0.25, 0.3) is 0 Å². The maximum absolute atomic E-state index is 12.2. The minimum atomic E-state index is -1.13. The molecule has 0 radical (unpaired) electrons. The molecular weight excluding hydrogens is 332 g/mol. The van der Waals surface area contributed by atoms with E-state index in [1.165, 1.54) is 14.0 Å². The highest BCUT2D eigenvalue weighted by Gasteiger charge is 2.26. The summed E-state index contributed by atoms with van der Waals surface area (Å²) in [5, 5.41) is 12.1. The monoisotopic (exact) mass is 352 g/mol. The van der Waals surface area contributed by atoms with Gasteiger partial charge in [-0.3, -0.25) is 4.79 Å². The Balaban J connectivity index is 2.08. The number of amides is 1. The van der Waals surface area contributed by atoms with E-state index >= 15 is 0 Å². The van der Waals surface area contributed by atoms with Gasteiger partial charge in [0.25, 0.3) is 5.91 Å². The van der Waals surface area contributed by atoms with Crippen LogP contribution < -0.4 is 11.1 Å². The number of aliphatic hydroxyl groups excluding tert-OH is 1. The minimum Gasteiger partial charge on any atom is -0.467 e. The summed E-state index contributed by atoms with van der Waals surface area (Å²) in [5.74, 6) is 4.81. The van der Waals surface area contributed by atoms with Crippen LogP contribution in [0.4, 0.5) is 5.69 Å². The van der Waals surface area contributed by atoms with Crippen LogP contribution >= 0.6 is 0 Å². The van der Waals surface area contributed by atoms with E-state index in [2.05, 4.69) is 21.9 Å². The number of hydrogen-bond acceptors (Lipinski definition) is 5. The lowest BCUT2D eigenvalue weighted by molar-refractivity contribution is -0.145. The van der Waals surface area contributed by atoms with Crippen molar-refractivity contribution in [1.29, 1.82) is 0 Å². The highest BCUT2D eigenvalue weighted by Crippen LogP contribution is 2.07. The molecular formula is C20H20N2O4. The quantitative estimate of drug-likeness (QED) is 0.438. The van der Waals surface area contributed by atoms with Crippen molar-refractivity contribution in [2.45, 2.75) is 19.1 Å². The van der Waals surface area contributed by atoms with Gasteiger partial charge in [-0.2, -0.15) is 0 Å². The van der Waals surface area contributed by atoms with Gasteiger partial charge in [-0.15, -0.1) is 0 Å². The number of benzene rings is 2. The summed E-state index contributed by atoms with van der Waals surface area (Å²) in [6, 6.07) is 12.7. The fraction of sp³-hybridized carbons (Fsp3) is 0.200. The number of hydrogen-bond donors (Lipinski definition) is 3. The highest BCUT2D eigenvalue weighted by molar-refractivity contribution is 5.97. The highest BCUT2D eigenvalue weighted by atomic mass is 16.5. The Morgan fingerprint density at radius 1 is 1.04 bits per heavy atom. The summed E-state index contributed by atoms with van der Waals surface area (Å²) in [5.41, 5.74) is 8.22. The van der Waals surface area contributed by atoms with Crippen molar-refractivity contribution in [3.8, 4) is 11.8 Å². The van der Waals surface area contributed by atoms with Crippen molar-refractivity contribution in [3.05, 3.63) is 65.2 Å². The summed E-state index contributed by atoms with van der Waals surface area (Å²) in [6.07, 6.45) is -1.07. The van der Waals surface area contributed by atoms with Crippen LogP contribution in [0.3, 0.4) is 0 Å². The Morgan fingerprint density at radius 2 is 1.54 bits per heavy atom. The molecule has 26 heavy (non-hydrogen) atoms. The maximum Gasteiger partial charge on any atom is 0.331 e. The van der Waals surface area contributed by atoms with Gasteiger partial charge in [-0.1, -0.05) is 11.8 Å². The smallest absolute Gasteiger partial charge is 0.331 e. The molecule has 0 heterocycles. The van der Waals surface area contributed by atoms with E-state index < -0.39 is 24.0 Å². The number of anilines is 1. The van der Waals surface area contributed by atoms with Gasteiger partial charge in [0.05, 0.1) is 13.2 Å². The van der Waals surface area contributed by atoms with Crippen LogP contribution in [-0.4, -0.2) is 36.2 Å². The fourth-order valence-corrected chi connectivity index (χ4v) is 2.14. The Bertz CT molecular complexity index is 831. The van der Waals surface area contributed by atoms with Gasteiger partial charge in [-0.25, -0.2) is 4.79 Å². The minimum absolute atomic E-state index is 0.345. The fourth-order valence-electron chi connectivity index (χ4n) is 2.14. The molecule has 0 aliphatic heterocycles. The zero-order valence-electron chi connectivity index (χ0n) is 14.5. The number of carbonyl (C=O) groups excluding carboxylic acids is 2. The number of nitrogens with two attached hydrogens (primary N) is 1. The topological polar surface area (TPSA) is 102 Å². The first-order chi connectivity index (χ1) is 12.4. The predicted octanol–water partition coefficient (Wildman–Crippen LogP) is 1.32. The van der Waals surface area contributed by atoms with E-state index in [0.717, 1.165) is 11.1 Å². The number of nitrogens with one attached hydrogen (secondary N) is 1. The summed E-state index contributed by atoms with van der Waals surface area (Å²) in [7, 11) is 1.19. The second kappa shape index (κ2) is 8.70. The Morgan fingerprint density at radius 3 is 2.00 bits per heavy atom. The molecule has 6 nitrogen and oxygen atoms in total. The predicted molar refractivity (Wildman–Crippen MR) is 98.2 cm³/mol. The largest absolute Gasteiger partial charge is 0.467 e. The lowest BCUT2D eigenvalue weighted by Gasteiger charge is -2.18.